The average Bonchev–Trinajstić information content (AvgIpc) is 2.82. The Bertz CT molecular complexity index is 596. The van der Waals surface area contributed by atoms with Gasteiger partial charge >= 0.3 is 5.97 Å². The summed E-state index contributed by atoms with van der Waals surface area (Å²) in [6.07, 6.45) is 1.59. The third-order valence-electron chi connectivity index (χ3n) is 2.58. The van der Waals surface area contributed by atoms with Crippen LogP contribution < -0.4 is 5.32 Å². The Morgan fingerprint density at radius 1 is 1.45 bits per heavy atom. The fourth-order valence-electron chi connectivity index (χ4n) is 1.65. The van der Waals surface area contributed by atoms with Crippen molar-refractivity contribution >= 4 is 22.6 Å². The number of nitrogens with zero attached hydrogens (tertiary/aromatic N) is 1. The molecule has 0 saturated carbocycles. The molecule has 0 aliphatic rings. The molecule has 5 nitrogen and oxygen atoms in total. The van der Waals surface area contributed by atoms with E-state index in [9.17, 15) is 4.79 Å². The second kappa shape index (κ2) is 6.23. The van der Waals surface area contributed by atoms with Gasteiger partial charge < -0.3 is 14.5 Å². The lowest BCUT2D eigenvalue weighted by molar-refractivity contribution is -0.136. The van der Waals surface area contributed by atoms with Gasteiger partial charge in [-0.25, -0.2) is 9.78 Å². The molecule has 0 fully saturated rings. The maximum Gasteiger partial charge on any atom is 0.345 e. The fourth-order valence-corrected chi connectivity index (χ4v) is 1.65. The molecule has 0 amide bonds. The van der Waals surface area contributed by atoms with Gasteiger partial charge in [0, 0.05) is 12.2 Å². The van der Waals surface area contributed by atoms with Crippen LogP contribution in [0, 0.1) is 0 Å². The monoisotopic (exact) mass is 274 g/mol. The summed E-state index contributed by atoms with van der Waals surface area (Å²) in [5, 5.41) is 3.06. The van der Waals surface area contributed by atoms with Crippen LogP contribution in [-0.4, -0.2) is 23.6 Å². The Balaban J connectivity index is 2.39. The van der Waals surface area contributed by atoms with Crippen molar-refractivity contribution in [1.82, 2.24) is 10.3 Å². The van der Waals surface area contributed by atoms with Crippen molar-refractivity contribution in [3.63, 3.8) is 0 Å². The number of carbonyl (C=O) groups excluding carboxylic acids is 1. The molecule has 20 heavy (non-hydrogen) atoms. The Morgan fingerprint density at radius 3 is 2.85 bits per heavy atom. The van der Waals surface area contributed by atoms with Gasteiger partial charge in [0.25, 0.3) is 0 Å². The lowest BCUT2D eigenvalue weighted by Gasteiger charge is -2.07. The zero-order valence-corrected chi connectivity index (χ0v) is 11.8. The Hall–Kier alpha value is -2.30. The SMILES string of the molecule is CCOC(=O)/C(=C/NC(C)C)c1nc2ccccc2o1. The lowest BCUT2D eigenvalue weighted by atomic mass is 10.3. The number of nitrogens with one attached hydrogen (secondary N) is 1. The summed E-state index contributed by atoms with van der Waals surface area (Å²) in [6, 6.07) is 7.57. The molecule has 0 radical (unpaired) electrons. The Kier molecular flexibility index (Phi) is 4.40. The second-order valence-corrected chi connectivity index (χ2v) is 4.59. The molecule has 1 N–H and O–H groups in total. The molecule has 5 heteroatoms. The van der Waals surface area contributed by atoms with E-state index in [2.05, 4.69) is 10.3 Å². The van der Waals surface area contributed by atoms with Crippen LogP contribution in [0.25, 0.3) is 16.7 Å². The number of benzene rings is 1. The van der Waals surface area contributed by atoms with Crippen LogP contribution in [0.15, 0.2) is 34.9 Å². The van der Waals surface area contributed by atoms with Crippen LogP contribution in [0.2, 0.25) is 0 Å². The smallest absolute Gasteiger partial charge is 0.345 e. The molecule has 0 atom stereocenters. The van der Waals surface area contributed by atoms with E-state index in [1.165, 1.54) is 0 Å². The molecule has 0 spiro atoms. The number of fused-ring (bicyclic) bond motifs is 1. The molecule has 0 bridgehead atoms. The third kappa shape index (κ3) is 3.17. The Labute approximate surface area is 117 Å². The molecule has 0 unspecified atom stereocenters. The van der Waals surface area contributed by atoms with E-state index < -0.39 is 5.97 Å². The van der Waals surface area contributed by atoms with Crippen molar-refractivity contribution in [3.8, 4) is 0 Å². The zero-order valence-electron chi connectivity index (χ0n) is 11.8. The van der Waals surface area contributed by atoms with Gasteiger partial charge in [-0.15, -0.1) is 0 Å². The number of esters is 1. The van der Waals surface area contributed by atoms with E-state index in [1.54, 1.807) is 13.1 Å². The number of ether oxygens (including phenoxy) is 1. The molecule has 1 heterocycles. The van der Waals surface area contributed by atoms with E-state index >= 15 is 0 Å². The van der Waals surface area contributed by atoms with Gasteiger partial charge in [0.1, 0.15) is 11.1 Å². The number of aromatic nitrogens is 1. The highest BCUT2D eigenvalue weighted by Crippen LogP contribution is 2.21. The topological polar surface area (TPSA) is 64.4 Å². The quantitative estimate of drug-likeness (QED) is 0.671. The van der Waals surface area contributed by atoms with Gasteiger partial charge in [-0.05, 0) is 32.9 Å². The van der Waals surface area contributed by atoms with E-state index in [-0.39, 0.29) is 17.5 Å². The highest BCUT2D eigenvalue weighted by Gasteiger charge is 2.19. The molecule has 1 aromatic carbocycles. The van der Waals surface area contributed by atoms with Crippen molar-refractivity contribution in [2.45, 2.75) is 26.8 Å². The second-order valence-electron chi connectivity index (χ2n) is 4.59. The molecule has 0 saturated heterocycles. The lowest BCUT2D eigenvalue weighted by Crippen LogP contribution is -2.18. The number of rotatable bonds is 5. The van der Waals surface area contributed by atoms with E-state index in [0.717, 1.165) is 0 Å². The van der Waals surface area contributed by atoms with Crippen molar-refractivity contribution in [2.24, 2.45) is 0 Å². The molecular weight excluding hydrogens is 256 g/mol. The Morgan fingerprint density at radius 2 is 2.20 bits per heavy atom. The summed E-state index contributed by atoms with van der Waals surface area (Å²) in [6.45, 7) is 6.02. The molecule has 2 aromatic rings. The summed E-state index contributed by atoms with van der Waals surface area (Å²) in [7, 11) is 0. The van der Waals surface area contributed by atoms with Gasteiger partial charge in [-0.2, -0.15) is 0 Å². The van der Waals surface area contributed by atoms with Crippen LogP contribution in [0.1, 0.15) is 26.7 Å². The number of hydrogen-bond donors (Lipinski definition) is 1. The number of carbonyl (C=O) groups is 1. The highest BCUT2D eigenvalue weighted by atomic mass is 16.5. The maximum absolute atomic E-state index is 12.0. The van der Waals surface area contributed by atoms with Gasteiger partial charge in [0.05, 0.1) is 6.61 Å². The summed E-state index contributed by atoms with van der Waals surface area (Å²) in [5.41, 5.74) is 1.64. The summed E-state index contributed by atoms with van der Waals surface area (Å²) >= 11 is 0. The summed E-state index contributed by atoms with van der Waals surface area (Å²) in [5.74, 6) is -0.190. The first kappa shape index (κ1) is 14.1. The van der Waals surface area contributed by atoms with Gasteiger partial charge in [0.2, 0.25) is 5.89 Å². The molecular formula is C15H18N2O3. The van der Waals surface area contributed by atoms with Crippen LogP contribution >= 0.6 is 0 Å². The van der Waals surface area contributed by atoms with Crippen LogP contribution in [-0.2, 0) is 9.53 Å². The number of para-hydroxylation sites is 2. The third-order valence-corrected chi connectivity index (χ3v) is 2.58. The molecule has 106 valence electrons. The minimum absolute atomic E-state index is 0.198. The van der Waals surface area contributed by atoms with E-state index in [1.807, 2.05) is 38.1 Å². The standard InChI is InChI=1S/C15H18N2O3/c1-4-19-15(18)11(9-16-10(2)3)14-17-12-7-5-6-8-13(12)20-14/h5-10,16H,4H2,1-3H3/b11-9+. The van der Waals surface area contributed by atoms with Crippen LogP contribution in [0.5, 0.6) is 0 Å². The summed E-state index contributed by atoms with van der Waals surface area (Å²) < 4.78 is 10.6. The van der Waals surface area contributed by atoms with Gasteiger partial charge in [-0.1, -0.05) is 12.1 Å². The maximum atomic E-state index is 12.0. The van der Waals surface area contributed by atoms with Crippen molar-refractivity contribution < 1.29 is 13.9 Å². The first-order valence-electron chi connectivity index (χ1n) is 6.61. The first-order valence-corrected chi connectivity index (χ1v) is 6.61. The molecule has 1 aromatic heterocycles. The average molecular weight is 274 g/mol. The molecule has 0 aliphatic carbocycles. The summed E-state index contributed by atoms with van der Waals surface area (Å²) in [4.78, 5) is 16.3. The zero-order chi connectivity index (χ0) is 14.5. The van der Waals surface area contributed by atoms with Crippen molar-refractivity contribution in [1.29, 1.82) is 0 Å². The molecule has 2 rings (SSSR count). The molecule has 0 aliphatic heterocycles. The minimum Gasteiger partial charge on any atom is -0.462 e. The van der Waals surface area contributed by atoms with Crippen LogP contribution in [0.4, 0.5) is 0 Å². The number of hydrogen-bond acceptors (Lipinski definition) is 5. The van der Waals surface area contributed by atoms with E-state index in [0.29, 0.717) is 17.7 Å². The highest BCUT2D eigenvalue weighted by molar-refractivity contribution is 6.15. The predicted octanol–water partition coefficient (Wildman–Crippen LogP) is 2.73. The van der Waals surface area contributed by atoms with Gasteiger partial charge in [-0.3, -0.25) is 0 Å². The van der Waals surface area contributed by atoms with Crippen molar-refractivity contribution in [2.75, 3.05) is 6.61 Å². The van der Waals surface area contributed by atoms with E-state index in [4.69, 9.17) is 9.15 Å². The predicted molar refractivity (Wildman–Crippen MR) is 76.9 cm³/mol. The number of oxazole rings is 1. The largest absolute Gasteiger partial charge is 0.462 e. The first-order chi connectivity index (χ1) is 9.61. The normalized spacial score (nSPS) is 11.9. The fraction of sp³-hybridized carbons (Fsp3) is 0.333. The van der Waals surface area contributed by atoms with Crippen LogP contribution in [0.3, 0.4) is 0 Å². The minimum atomic E-state index is -0.452. The van der Waals surface area contributed by atoms with Gasteiger partial charge in [0.15, 0.2) is 5.58 Å². The van der Waals surface area contributed by atoms with Crippen molar-refractivity contribution in [3.05, 3.63) is 36.4 Å².